The number of rotatable bonds is 3. The Morgan fingerprint density at radius 3 is 2.61 bits per heavy atom. The average molecular weight is 264 g/mol. The van der Waals surface area contributed by atoms with E-state index in [1.165, 1.54) is 0 Å². The summed E-state index contributed by atoms with van der Waals surface area (Å²) in [6.45, 7) is 5.97. The molecule has 2 aromatic rings. The van der Waals surface area contributed by atoms with Crippen LogP contribution in [0.1, 0.15) is 25.2 Å². The van der Waals surface area contributed by atoms with E-state index in [1.807, 2.05) is 43.7 Å². The van der Waals surface area contributed by atoms with Gasteiger partial charge in [-0.1, -0.05) is 17.7 Å². The van der Waals surface area contributed by atoms with E-state index in [-0.39, 0.29) is 5.54 Å². The van der Waals surface area contributed by atoms with Crippen LogP contribution in [0.15, 0.2) is 30.6 Å². The number of hydrogen-bond acceptors (Lipinski definition) is 2. The maximum Gasteiger partial charge on any atom is 0.110 e. The third-order valence-corrected chi connectivity index (χ3v) is 3.06. The third-order valence-electron chi connectivity index (χ3n) is 2.76. The van der Waals surface area contributed by atoms with Gasteiger partial charge in [0, 0.05) is 17.9 Å². The number of nitrogens with zero attached hydrogens (tertiary/aromatic N) is 2. The predicted molar refractivity (Wildman–Crippen MR) is 75.3 cm³/mol. The van der Waals surface area contributed by atoms with Crippen LogP contribution in [0.25, 0.3) is 5.69 Å². The van der Waals surface area contributed by atoms with E-state index in [0.717, 1.165) is 28.5 Å². The molecule has 0 saturated heterocycles. The van der Waals surface area contributed by atoms with Crippen molar-refractivity contribution >= 4 is 11.6 Å². The minimum absolute atomic E-state index is 0.226. The summed E-state index contributed by atoms with van der Waals surface area (Å²) in [7, 11) is 0. The molecule has 0 spiro atoms. The summed E-state index contributed by atoms with van der Waals surface area (Å²) in [4.78, 5) is 4.20. The van der Waals surface area contributed by atoms with Crippen LogP contribution in [0.3, 0.4) is 0 Å². The summed E-state index contributed by atoms with van der Waals surface area (Å²) < 4.78 is 1.97. The third kappa shape index (κ3) is 2.92. The Kier molecular flexibility index (Phi) is 3.46. The maximum atomic E-state index is 6.33. The van der Waals surface area contributed by atoms with Crippen molar-refractivity contribution in [2.75, 3.05) is 0 Å². The zero-order chi connectivity index (χ0) is 13.3. The SMILES string of the molecule is Cc1nccn1-c1ccc(CC(C)(C)N)cc1Cl. The first kappa shape index (κ1) is 13.1. The lowest BCUT2D eigenvalue weighted by Gasteiger charge is -2.19. The number of nitrogens with two attached hydrogens (primary N) is 1. The number of aryl methyl sites for hydroxylation is 1. The fraction of sp³-hybridized carbons (Fsp3) is 0.357. The summed E-state index contributed by atoms with van der Waals surface area (Å²) in [5.74, 6) is 0.920. The van der Waals surface area contributed by atoms with Crippen LogP contribution in [0, 0.1) is 6.92 Å². The van der Waals surface area contributed by atoms with Crippen molar-refractivity contribution in [1.29, 1.82) is 0 Å². The Morgan fingerprint density at radius 1 is 1.39 bits per heavy atom. The van der Waals surface area contributed by atoms with Crippen molar-refractivity contribution < 1.29 is 0 Å². The molecule has 0 amide bonds. The second kappa shape index (κ2) is 4.75. The highest BCUT2D eigenvalue weighted by molar-refractivity contribution is 6.32. The van der Waals surface area contributed by atoms with Crippen molar-refractivity contribution in [1.82, 2.24) is 9.55 Å². The molecule has 0 aliphatic carbocycles. The van der Waals surface area contributed by atoms with Gasteiger partial charge in [0.15, 0.2) is 0 Å². The van der Waals surface area contributed by atoms with Crippen LogP contribution in [0.4, 0.5) is 0 Å². The fourth-order valence-corrected chi connectivity index (χ4v) is 2.31. The molecule has 0 radical (unpaired) electrons. The molecule has 1 heterocycles. The Morgan fingerprint density at radius 2 is 2.11 bits per heavy atom. The molecule has 3 nitrogen and oxygen atoms in total. The zero-order valence-electron chi connectivity index (χ0n) is 10.9. The number of imidazole rings is 1. The van der Waals surface area contributed by atoms with Gasteiger partial charge in [0.05, 0.1) is 10.7 Å². The van der Waals surface area contributed by atoms with Crippen LogP contribution < -0.4 is 5.73 Å². The summed E-state index contributed by atoms with van der Waals surface area (Å²) >= 11 is 6.33. The van der Waals surface area contributed by atoms with Gasteiger partial charge in [0.1, 0.15) is 5.82 Å². The molecule has 0 unspecified atom stereocenters. The van der Waals surface area contributed by atoms with Crippen LogP contribution in [0.2, 0.25) is 5.02 Å². The van der Waals surface area contributed by atoms with Crippen LogP contribution in [0.5, 0.6) is 0 Å². The first-order valence-corrected chi connectivity index (χ1v) is 6.32. The van der Waals surface area contributed by atoms with Crippen molar-refractivity contribution in [3.63, 3.8) is 0 Å². The van der Waals surface area contributed by atoms with Crippen LogP contribution >= 0.6 is 11.6 Å². The van der Waals surface area contributed by atoms with Gasteiger partial charge in [-0.25, -0.2) is 4.98 Å². The van der Waals surface area contributed by atoms with Crippen molar-refractivity contribution in [2.45, 2.75) is 32.7 Å². The van der Waals surface area contributed by atoms with E-state index in [0.29, 0.717) is 0 Å². The number of benzene rings is 1. The Hall–Kier alpha value is -1.32. The lowest BCUT2D eigenvalue weighted by molar-refractivity contribution is 0.517. The highest BCUT2D eigenvalue weighted by atomic mass is 35.5. The fourth-order valence-electron chi connectivity index (χ4n) is 2.01. The molecule has 0 atom stereocenters. The summed E-state index contributed by atoms with van der Waals surface area (Å²) in [6.07, 6.45) is 4.47. The first-order chi connectivity index (χ1) is 8.37. The van der Waals surface area contributed by atoms with Gasteiger partial charge in [-0.2, -0.15) is 0 Å². The molecule has 2 rings (SSSR count). The smallest absolute Gasteiger partial charge is 0.110 e. The molecule has 0 saturated carbocycles. The van der Waals surface area contributed by atoms with E-state index in [9.17, 15) is 0 Å². The average Bonchev–Trinajstić information content (AvgIpc) is 2.62. The second-order valence-corrected chi connectivity index (χ2v) is 5.70. The molecule has 0 bridgehead atoms. The zero-order valence-corrected chi connectivity index (χ0v) is 11.7. The first-order valence-electron chi connectivity index (χ1n) is 5.94. The Bertz CT molecular complexity index is 552. The standard InChI is InChI=1S/C14H18ClN3/c1-10-17-6-7-18(10)13-5-4-11(8-12(13)15)9-14(2,3)16/h4-8H,9,16H2,1-3H3. The van der Waals surface area contributed by atoms with Gasteiger partial charge in [-0.15, -0.1) is 0 Å². The van der Waals surface area contributed by atoms with Crippen molar-refractivity contribution in [3.8, 4) is 5.69 Å². The molecule has 1 aromatic heterocycles. The predicted octanol–water partition coefficient (Wildman–Crippen LogP) is 3.11. The number of hydrogen-bond donors (Lipinski definition) is 1. The topological polar surface area (TPSA) is 43.8 Å². The molecule has 0 aliphatic heterocycles. The van der Waals surface area contributed by atoms with Gasteiger partial charge in [-0.05, 0) is 44.9 Å². The maximum absolute atomic E-state index is 6.33. The van der Waals surface area contributed by atoms with E-state index < -0.39 is 0 Å². The molecule has 96 valence electrons. The monoisotopic (exact) mass is 263 g/mol. The van der Waals surface area contributed by atoms with E-state index >= 15 is 0 Å². The van der Waals surface area contributed by atoms with Crippen LogP contribution in [-0.2, 0) is 6.42 Å². The molecular formula is C14H18ClN3. The van der Waals surface area contributed by atoms with Gasteiger partial charge < -0.3 is 10.3 Å². The molecule has 0 fully saturated rings. The quantitative estimate of drug-likeness (QED) is 0.925. The number of aromatic nitrogens is 2. The van der Waals surface area contributed by atoms with Gasteiger partial charge in [-0.3, -0.25) is 0 Å². The molecule has 2 N–H and O–H groups in total. The Balaban J connectivity index is 2.34. The lowest BCUT2D eigenvalue weighted by atomic mass is 9.96. The van der Waals surface area contributed by atoms with Gasteiger partial charge >= 0.3 is 0 Å². The molecule has 0 aliphatic rings. The second-order valence-electron chi connectivity index (χ2n) is 5.30. The van der Waals surface area contributed by atoms with Gasteiger partial charge in [0.25, 0.3) is 0 Å². The minimum Gasteiger partial charge on any atom is -0.325 e. The number of halogens is 1. The normalized spacial score (nSPS) is 11.8. The molecule has 18 heavy (non-hydrogen) atoms. The summed E-state index contributed by atoms with van der Waals surface area (Å²) in [6, 6.07) is 6.05. The molecule has 4 heteroatoms. The summed E-state index contributed by atoms with van der Waals surface area (Å²) in [5, 5.41) is 0.720. The molecule has 1 aromatic carbocycles. The van der Waals surface area contributed by atoms with E-state index in [1.54, 1.807) is 6.20 Å². The van der Waals surface area contributed by atoms with E-state index in [4.69, 9.17) is 17.3 Å². The largest absolute Gasteiger partial charge is 0.325 e. The minimum atomic E-state index is -0.226. The summed E-state index contributed by atoms with van der Waals surface area (Å²) in [5.41, 5.74) is 7.89. The lowest BCUT2D eigenvalue weighted by Crippen LogP contribution is -2.34. The van der Waals surface area contributed by atoms with Crippen molar-refractivity contribution in [3.05, 3.63) is 47.0 Å². The highest BCUT2D eigenvalue weighted by Gasteiger charge is 2.13. The van der Waals surface area contributed by atoms with Crippen molar-refractivity contribution in [2.24, 2.45) is 5.73 Å². The van der Waals surface area contributed by atoms with E-state index in [2.05, 4.69) is 11.1 Å². The Labute approximate surface area is 113 Å². The van der Waals surface area contributed by atoms with Gasteiger partial charge in [0.2, 0.25) is 0 Å². The highest BCUT2D eigenvalue weighted by Crippen LogP contribution is 2.24. The molecular weight excluding hydrogens is 246 g/mol. The van der Waals surface area contributed by atoms with Crippen LogP contribution in [-0.4, -0.2) is 15.1 Å².